The SMILES string of the molecule is CN1C(=O)CCC12CCN(C(=O)c1nc3ccccc3c(=O)[nH]1)CC2. The summed E-state index contributed by atoms with van der Waals surface area (Å²) in [4.78, 5) is 47.2. The van der Waals surface area contributed by atoms with Crippen LogP contribution in [0.25, 0.3) is 10.9 Å². The number of nitrogens with zero attached hydrogens (tertiary/aromatic N) is 3. The first-order chi connectivity index (χ1) is 12.0. The van der Waals surface area contributed by atoms with Gasteiger partial charge < -0.3 is 14.8 Å². The minimum Gasteiger partial charge on any atom is -0.340 e. The van der Waals surface area contributed by atoms with E-state index in [2.05, 4.69) is 9.97 Å². The number of hydrogen-bond acceptors (Lipinski definition) is 4. The highest BCUT2D eigenvalue weighted by Crippen LogP contribution is 2.38. The molecule has 3 heterocycles. The van der Waals surface area contributed by atoms with Crippen molar-refractivity contribution in [1.29, 1.82) is 0 Å². The van der Waals surface area contributed by atoms with Crippen LogP contribution in [-0.2, 0) is 4.79 Å². The van der Waals surface area contributed by atoms with Gasteiger partial charge in [-0.15, -0.1) is 0 Å². The van der Waals surface area contributed by atoms with Crippen LogP contribution in [0.15, 0.2) is 29.1 Å². The monoisotopic (exact) mass is 340 g/mol. The third-order valence-electron chi connectivity index (χ3n) is 5.69. The van der Waals surface area contributed by atoms with E-state index in [1.165, 1.54) is 0 Å². The van der Waals surface area contributed by atoms with E-state index in [4.69, 9.17) is 0 Å². The molecule has 7 heteroatoms. The van der Waals surface area contributed by atoms with Crippen molar-refractivity contribution in [1.82, 2.24) is 19.8 Å². The van der Waals surface area contributed by atoms with Gasteiger partial charge in [-0.2, -0.15) is 0 Å². The molecule has 1 aromatic heterocycles. The molecule has 2 saturated heterocycles. The van der Waals surface area contributed by atoms with Gasteiger partial charge in [-0.1, -0.05) is 12.1 Å². The zero-order valence-electron chi connectivity index (χ0n) is 14.1. The summed E-state index contributed by atoms with van der Waals surface area (Å²) >= 11 is 0. The predicted molar refractivity (Wildman–Crippen MR) is 92.2 cm³/mol. The molecule has 130 valence electrons. The lowest BCUT2D eigenvalue weighted by atomic mass is 9.85. The van der Waals surface area contributed by atoms with Crippen molar-refractivity contribution in [3.63, 3.8) is 0 Å². The lowest BCUT2D eigenvalue weighted by molar-refractivity contribution is -0.130. The Kier molecular flexibility index (Phi) is 3.59. The second-order valence-electron chi connectivity index (χ2n) is 6.90. The van der Waals surface area contributed by atoms with E-state index in [1.807, 2.05) is 11.9 Å². The fourth-order valence-corrected chi connectivity index (χ4v) is 3.99. The number of fused-ring (bicyclic) bond motifs is 1. The van der Waals surface area contributed by atoms with Gasteiger partial charge in [0.25, 0.3) is 11.5 Å². The van der Waals surface area contributed by atoms with Crippen LogP contribution in [0.4, 0.5) is 0 Å². The quantitative estimate of drug-likeness (QED) is 0.844. The fourth-order valence-electron chi connectivity index (χ4n) is 3.99. The first-order valence-electron chi connectivity index (χ1n) is 8.55. The molecule has 2 aromatic rings. The maximum atomic E-state index is 12.8. The van der Waals surface area contributed by atoms with Gasteiger partial charge in [0.15, 0.2) is 5.82 Å². The third kappa shape index (κ3) is 2.50. The molecule has 0 saturated carbocycles. The molecule has 7 nitrogen and oxygen atoms in total. The number of H-pyrrole nitrogens is 1. The molecule has 0 radical (unpaired) electrons. The molecule has 2 fully saturated rings. The molecule has 0 atom stereocenters. The number of likely N-dealkylation sites (tertiary alicyclic amines) is 2. The van der Waals surface area contributed by atoms with Crippen LogP contribution >= 0.6 is 0 Å². The van der Waals surface area contributed by atoms with Gasteiger partial charge in [-0.25, -0.2) is 4.98 Å². The highest BCUT2D eigenvalue weighted by Gasteiger charge is 2.45. The molecule has 2 amide bonds. The summed E-state index contributed by atoms with van der Waals surface area (Å²) in [5.41, 5.74) is 0.103. The number of aromatic amines is 1. The number of piperidine rings is 1. The molecule has 4 rings (SSSR count). The van der Waals surface area contributed by atoms with Gasteiger partial charge in [0.1, 0.15) is 0 Å². The first-order valence-corrected chi connectivity index (χ1v) is 8.55. The number of para-hydroxylation sites is 1. The lowest BCUT2D eigenvalue weighted by Crippen LogP contribution is -2.53. The van der Waals surface area contributed by atoms with Crippen molar-refractivity contribution in [2.45, 2.75) is 31.2 Å². The van der Waals surface area contributed by atoms with Crippen LogP contribution in [-0.4, -0.2) is 57.3 Å². The summed E-state index contributed by atoms with van der Waals surface area (Å²) < 4.78 is 0. The van der Waals surface area contributed by atoms with Crippen LogP contribution in [0.5, 0.6) is 0 Å². The van der Waals surface area contributed by atoms with E-state index >= 15 is 0 Å². The highest BCUT2D eigenvalue weighted by atomic mass is 16.2. The number of nitrogens with one attached hydrogen (secondary N) is 1. The average Bonchev–Trinajstić information content (AvgIpc) is 2.90. The Labute approximate surface area is 144 Å². The van der Waals surface area contributed by atoms with Crippen LogP contribution < -0.4 is 5.56 Å². The molecule has 0 unspecified atom stereocenters. The van der Waals surface area contributed by atoms with Crippen LogP contribution in [0.3, 0.4) is 0 Å². The molecule has 0 aliphatic carbocycles. The molecule has 1 spiro atoms. The van der Waals surface area contributed by atoms with Gasteiger partial charge in [-0.05, 0) is 31.4 Å². The van der Waals surface area contributed by atoms with Gasteiger partial charge in [0.2, 0.25) is 5.91 Å². The zero-order valence-corrected chi connectivity index (χ0v) is 14.1. The summed E-state index contributed by atoms with van der Waals surface area (Å²) in [6, 6.07) is 6.98. The second-order valence-corrected chi connectivity index (χ2v) is 6.90. The normalized spacial score (nSPS) is 19.8. The summed E-state index contributed by atoms with van der Waals surface area (Å²) in [6.07, 6.45) is 2.97. The molecule has 0 bridgehead atoms. The van der Waals surface area contributed by atoms with Crippen molar-refractivity contribution in [2.24, 2.45) is 0 Å². The Balaban J connectivity index is 1.55. The minimum atomic E-state index is -0.302. The van der Waals surface area contributed by atoms with E-state index in [9.17, 15) is 14.4 Å². The Morgan fingerprint density at radius 2 is 1.88 bits per heavy atom. The predicted octanol–water partition coefficient (Wildman–Crippen LogP) is 1.15. The zero-order chi connectivity index (χ0) is 17.6. The van der Waals surface area contributed by atoms with Gasteiger partial charge in [0, 0.05) is 32.1 Å². The van der Waals surface area contributed by atoms with E-state index in [0.717, 1.165) is 19.3 Å². The van der Waals surface area contributed by atoms with E-state index in [1.54, 1.807) is 29.2 Å². The van der Waals surface area contributed by atoms with Crippen molar-refractivity contribution < 1.29 is 9.59 Å². The van der Waals surface area contributed by atoms with Gasteiger partial charge >= 0.3 is 0 Å². The summed E-state index contributed by atoms with van der Waals surface area (Å²) in [5.74, 6) is 0.000449. The maximum absolute atomic E-state index is 12.8. The molecule has 25 heavy (non-hydrogen) atoms. The summed E-state index contributed by atoms with van der Waals surface area (Å²) in [6.45, 7) is 1.12. The fraction of sp³-hybridized carbons (Fsp3) is 0.444. The van der Waals surface area contributed by atoms with Crippen molar-refractivity contribution in [3.8, 4) is 0 Å². The number of amides is 2. The largest absolute Gasteiger partial charge is 0.340 e. The standard InChI is InChI=1S/C18H20N4O3/c1-21-14(23)6-7-18(21)8-10-22(11-9-18)17(25)15-19-13-5-3-2-4-12(13)16(24)20-15/h2-5H,6-11H2,1H3,(H,19,20,24). The number of carbonyl (C=O) groups is 2. The number of hydrogen-bond donors (Lipinski definition) is 1. The second kappa shape index (κ2) is 5.68. The molecule has 2 aliphatic heterocycles. The van der Waals surface area contributed by atoms with Crippen LogP contribution in [0, 0.1) is 0 Å². The number of benzene rings is 1. The van der Waals surface area contributed by atoms with Gasteiger partial charge in [-0.3, -0.25) is 14.4 Å². The van der Waals surface area contributed by atoms with Gasteiger partial charge in [0.05, 0.1) is 10.9 Å². The summed E-state index contributed by atoms with van der Waals surface area (Å²) in [5, 5.41) is 0.475. The Morgan fingerprint density at radius 3 is 2.56 bits per heavy atom. The molecular weight excluding hydrogens is 320 g/mol. The molecule has 1 N–H and O–H groups in total. The number of rotatable bonds is 1. The van der Waals surface area contributed by atoms with E-state index < -0.39 is 0 Å². The molecular formula is C18H20N4O3. The van der Waals surface area contributed by atoms with E-state index in [-0.39, 0.29) is 28.7 Å². The molecule has 1 aromatic carbocycles. The Bertz CT molecular complexity index is 912. The number of carbonyl (C=O) groups excluding carboxylic acids is 2. The van der Waals surface area contributed by atoms with Crippen molar-refractivity contribution in [3.05, 3.63) is 40.4 Å². The third-order valence-corrected chi connectivity index (χ3v) is 5.69. The minimum absolute atomic E-state index is 0.0792. The molecule has 2 aliphatic rings. The topological polar surface area (TPSA) is 86.4 Å². The smallest absolute Gasteiger partial charge is 0.289 e. The first kappa shape index (κ1) is 15.8. The van der Waals surface area contributed by atoms with Crippen LogP contribution in [0.1, 0.15) is 36.3 Å². The average molecular weight is 340 g/mol. The van der Waals surface area contributed by atoms with E-state index in [0.29, 0.717) is 30.4 Å². The van der Waals surface area contributed by atoms with Crippen molar-refractivity contribution in [2.75, 3.05) is 20.1 Å². The van der Waals surface area contributed by atoms with Crippen LogP contribution in [0.2, 0.25) is 0 Å². The Morgan fingerprint density at radius 1 is 1.16 bits per heavy atom. The Hall–Kier alpha value is -2.70. The highest BCUT2D eigenvalue weighted by molar-refractivity contribution is 5.92. The van der Waals surface area contributed by atoms with Crippen molar-refractivity contribution >= 4 is 22.7 Å². The number of aromatic nitrogens is 2. The lowest BCUT2D eigenvalue weighted by Gasteiger charge is -2.43. The summed E-state index contributed by atoms with van der Waals surface area (Å²) in [7, 11) is 1.86. The maximum Gasteiger partial charge on any atom is 0.289 e.